The molecule has 0 saturated heterocycles. The van der Waals surface area contributed by atoms with E-state index in [9.17, 15) is 13.6 Å². The maximum absolute atomic E-state index is 12.3. The van der Waals surface area contributed by atoms with Crippen LogP contribution in [0.1, 0.15) is 12.0 Å². The Hall–Kier alpha value is -1.65. The smallest absolute Gasteiger partial charge is 0.303 e. The number of hydrogen-bond donors (Lipinski definition) is 1. The lowest BCUT2D eigenvalue weighted by molar-refractivity contribution is -0.136. The van der Waals surface area contributed by atoms with Gasteiger partial charge in [0.05, 0.1) is 0 Å². The second kappa shape index (κ2) is 7.63. The predicted octanol–water partition coefficient (Wildman–Crippen LogP) is 2.45. The minimum Gasteiger partial charge on any atom is -0.481 e. The van der Waals surface area contributed by atoms with Gasteiger partial charge in [-0.3, -0.25) is 4.79 Å². The molecule has 3 nitrogen and oxygen atoms in total. The molecule has 18 heavy (non-hydrogen) atoms. The highest BCUT2D eigenvalue weighted by Gasteiger charge is 2.06. The standard InChI is InChI=1S/C13H17F2NO2/c14-7-9-16(10-8-15)12-4-1-11(2-5-12)3-6-13(17)18/h1-2,4-5H,3,6-10H2,(H,17,18). The first-order valence-electron chi connectivity index (χ1n) is 5.85. The van der Waals surface area contributed by atoms with Crippen LogP contribution in [-0.4, -0.2) is 37.5 Å². The van der Waals surface area contributed by atoms with E-state index in [1.165, 1.54) is 0 Å². The van der Waals surface area contributed by atoms with Gasteiger partial charge in [0.1, 0.15) is 13.3 Å². The van der Waals surface area contributed by atoms with Crippen molar-refractivity contribution in [1.29, 1.82) is 0 Å². The number of carboxylic acid groups (broad SMARTS) is 1. The molecule has 0 heterocycles. The van der Waals surface area contributed by atoms with Crippen molar-refractivity contribution < 1.29 is 18.7 Å². The van der Waals surface area contributed by atoms with Crippen molar-refractivity contribution in [3.05, 3.63) is 29.8 Å². The number of carboxylic acids is 1. The van der Waals surface area contributed by atoms with Gasteiger partial charge in [-0.05, 0) is 24.1 Å². The van der Waals surface area contributed by atoms with Gasteiger partial charge in [-0.15, -0.1) is 0 Å². The molecule has 100 valence electrons. The van der Waals surface area contributed by atoms with Crippen molar-refractivity contribution in [1.82, 2.24) is 0 Å². The Kier molecular flexibility index (Phi) is 6.11. The van der Waals surface area contributed by atoms with Crippen LogP contribution in [0.2, 0.25) is 0 Å². The number of aryl methyl sites for hydroxylation is 1. The zero-order valence-corrected chi connectivity index (χ0v) is 10.1. The number of aliphatic carboxylic acids is 1. The molecule has 0 aliphatic heterocycles. The summed E-state index contributed by atoms with van der Waals surface area (Å²) in [5.74, 6) is -0.837. The number of nitrogens with zero attached hydrogens (tertiary/aromatic N) is 1. The number of benzene rings is 1. The highest BCUT2D eigenvalue weighted by molar-refractivity contribution is 5.67. The topological polar surface area (TPSA) is 40.5 Å². The molecule has 0 fully saturated rings. The molecule has 0 spiro atoms. The van der Waals surface area contributed by atoms with Crippen LogP contribution in [0.15, 0.2) is 24.3 Å². The van der Waals surface area contributed by atoms with Crippen molar-refractivity contribution in [3.63, 3.8) is 0 Å². The van der Waals surface area contributed by atoms with Crippen molar-refractivity contribution in [2.24, 2.45) is 0 Å². The summed E-state index contributed by atoms with van der Waals surface area (Å²) < 4.78 is 24.6. The summed E-state index contributed by atoms with van der Waals surface area (Å²) in [6, 6.07) is 7.12. The Labute approximate surface area is 105 Å². The number of rotatable bonds is 8. The highest BCUT2D eigenvalue weighted by atomic mass is 19.1. The summed E-state index contributed by atoms with van der Waals surface area (Å²) in [4.78, 5) is 12.1. The van der Waals surface area contributed by atoms with Gasteiger partial charge in [0.15, 0.2) is 0 Å². The van der Waals surface area contributed by atoms with Gasteiger partial charge in [0, 0.05) is 25.2 Å². The second-order valence-electron chi connectivity index (χ2n) is 3.93. The quantitative estimate of drug-likeness (QED) is 0.777. The van der Waals surface area contributed by atoms with E-state index in [0.29, 0.717) is 6.42 Å². The van der Waals surface area contributed by atoms with Crippen molar-refractivity contribution >= 4 is 11.7 Å². The van der Waals surface area contributed by atoms with Crippen LogP contribution in [0.25, 0.3) is 0 Å². The molecule has 0 atom stereocenters. The fourth-order valence-electron chi connectivity index (χ4n) is 1.70. The van der Waals surface area contributed by atoms with E-state index in [2.05, 4.69) is 0 Å². The van der Waals surface area contributed by atoms with Gasteiger partial charge in [-0.25, -0.2) is 8.78 Å². The van der Waals surface area contributed by atoms with E-state index in [1.807, 2.05) is 0 Å². The number of anilines is 1. The average Bonchev–Trinajstić information content (AvgIpc) is 2.37. The van der Waals surface area contributed by atoms with E-state index < -0.39 is 19.3 Å². The lowest BCUT2D eigenvalue weighted by atomic mass is 10.1. The Balaban J connectivity index is 2.64. The van der Waals surface area contributed by atoms with Gasteiger partial charge in [0.25, 0.3) is 0 Å². The van der Waals surface area contributed by atoms with Crippen LogP contribution in [0.4, 0.5) is 14.5 Å². The average molecular weight is 257 g/mol. The van der Waals surface area contributed by atoms with Crippen LogP contribution in [0, 0.1) is 0 Å². The molecular formula is C13H17F2NO2. The molecule has 0 radical (unpaired) electrons. The molecule has 0 unspecified atom stereocenters. The third-order valence-electron chi connectivity index (χ3n) is 2.64. The lowest BCUT2D eigenvalue weighted by Crippen LogP contribution is -2.27. The molecule has 0 aliphatic carbocycles. The summed E-state index contributed by atoms with van der Waals surface area (Å²) in [5, 5.41) is 8.57. The summed E-state index contributed by atoms with van der Waals surface area (Å²) >= 11 is 0. The maximum Gasteiger partial charge on any atom is 0.303 e. The monoisotopic (exact) mass is 257 g/mol. The number of halogens is 2. The zero-order valence-electron chi connectivity index (χ0n) is 10.1. The van der Waals surface area contributed by atoms with Crippen LogP contribution >= 0.6 is 0 Å². The number of hydrogen-bond acceptors (Lipinski definition) is 2. The molecule has 0 aromatic heterocycles. The molecule has 1 rings (SSSR count). The molecule has 5 heteroatoms. The van der Waals surface area contributed by atoms with Gasteiger partial charge in [-0.2, -0.15) is 0 Å². The third-order valence-corrected chi connectivity index (χ3v) is 2.64. The highest BCUT2D eigenvalue weighted by Crippen LogP contribution is 2.16. The van der Waals surface area contributed by atoms with Crippen LogP contribution in [0.5, 0.6) is 0 Å². The van der Waals surface area contributed by atoms with Crippen molar-refractivity contribution in [2.75, 3.05) is 31.3 Å². The van der Waals surface area contributed by atoms with E-state index in [4.69, 9.17) is 5.11 Å². The first kappa shape index (κ1) is 14.4. The molecule has 0 amide bonds. The van der Waals surface area contributed by atoms with Gasteiger partial charge >= 0.3 is 5.97 Å². The summed E-state index contributed by atoms with van der Waals surface area (Å²) in [7, 11) is 0. The van der Waals surface area contributed by atoms with Crippen LogP contribution < -0.4 is 4.90 Å². The first-order chi connectivity index (χ1) is 8.67. The molecule has 1 aromatic carbocycles. The van der Waals surface area contributed by atoms with Crippen molar-refractivity contribution in [2.45, 2.75) is 12.8 Å². The Morgan fingerprint density at radius 1 is 1.11 bits per heavy atom. The van der Waals surface area contributed by atoms with Gasteiger partial charge in [0.2, 0.25) is 0 Å². The molecule has 0 saturated carbocycles. The Morgan fingerprint density at radius 2 is 1.67 bits per heavy atom. The van der Waals surface area contributed by atoms with Gasteiger partial charge in [-0.1, -0.05) is 12.1 Å². The lowest BCUT2D eigenvalue weighted by Gasteiger charge is -2.22. The summed E-state index contributed by atoms with van der Waals surface area (Å²) in [6.07, 6.45) is 0.542. The molecular weight excluding hydrogens is 240 g/mol. The van der Waals surface area contributed by atoms with Gasteiger partial charge < -0.3 is 10.0 Å². The summed E-state index contributed by atoms with van der Waals surface area (Å²) in [6.45, 7) is -0.724. The summed E-state index contributed by atoms with van der Waals surface area (Å²) in [5.41, 5.74) is 1.66. The first-order valence-corrected chi connectivity index (χ1v) is 5.85. The Morgan fingerprint density at radius 3 is 2.11 bits per heavy atom. The molecule has 0 bridgehead atoms. The molecule has 1 N–H and O–H groups in total. The predicted molar refractivity (Wildman–Crippen MR) is 66.6 cm³/mol. The maximum atomic E-state index is 12.3. The number of carbonyl (C=O) groups is 1. The minimum atomic E-state index is -0.837. The van der Waals surface area contributed by atoms with Crippen LogP contribution in [0.3, 0.4) is 0 Å². The third kappa shape index (κ3) is 4.69. The second-order valence-corrected chi connectivity index (χ2v) is 3.93. The van der Waals surface area contributed by atoms with E-state index in [1.54, 1.807) is 29.2 Å². The SMILES string of the molecule is O=C(O)CCc1ccc(N(CCF)CCF)cc1. The van der Waals surface area contributed by atoms with Crippen molar-refractivity contribution in [3.8, 4) is 0 Å². The fourth-order valence-corrected chi connectivity index (χ4v) is 1.70. The molecule has 0 aliphatic rings. The number of alkyl halides is 2. The van der Waals surface area contributed by atoms with E-state index in [-0.39, 0.29) is 19.5 Å². The van der Waals surface area contributed by atoms with E-state index >= 15 is 0 Å². The minimum absolute atomic E-state index is 0.0814. The Bertz CT molecular complexity index is 362. The molecule has 1 aromatic rings. The zero-order chi connectivity index (χ0) is 13.4. The van der Waals surface area contributed by atoms with E-state index in [0.717, 1.165) is 11.3 Å². The fraction of sp³-hybridized carbons (Fsp3) is 0.462. The normalized spacial score (nSPS) is 10.3. The van der Waals surface area contributed by atoms with Crippen LogP contribution in [-0.2, 0) is 11.2 Å². The largest absolute Gasteiger partial charge is 0.481 e.